The number of carbonyl (C=O) groups is 1. The number of anilines is 2. The van der Waals surface area contributed by atoms with Gasteiger partial charge in [-0.3, -0.25) is 13.9 Å². The van der Waals surface area contributed by atoms with Gasteiger partial charge in [0.15, 0.2) is 11.6 Å². The van der Waals surface area contributed by atoms with Crippen molar-refractivity contribution in [2.45, 2.75) is 29.8 Å². The third kappa shape index (κ3) is 9.04. The highest BCUT2D eigenvalue weighted by atomic mass is 32.2. The fourth-order valence-corrected chi connectivity index (χ4v) is 8.74. The summed E-state index contributed by atoms with van der Waals surface area (Å²) in [6, 6.07) is 1.22. The van der Waals surface area contributed by atoms with Gasteiger partial charge in [-0.2, -0.15) is 33.6 Å². The van der Waals surface area contributed by atoms with Crippen LogP contribution in [0.5, 0.6) is 11.6 Å². The molecule has 1 saturated carbocycles. The Balaban J connectivity index is 1.96. The maximum atomic E-state index is 14.0. The SMILES string of the molecule is Nc1nc(O)cc(C(SCCS(=O)(=O)O)C2CCCC(C(SCCS(=O)(=O)O)c3ncc(O)c(N)n3)C2=O)n1. The van der Waals surface area contributed by atoms with Crippen LogP contribution in [0.25, 0.3) is 0 Å². The van der Waals surface area contributed by atoms with Crippen LogP contribution < -0.4 is 11.5 Å². The molecule has 0 bridgehead atoms. The number of rotatable bonds is 12. The molecule has 39 heavy (non-hydrogen) atoms. The van der Waals surface area contributed by atoms with Gasteiger partial charge in [-0.25, -0.2) is 15.0 Å². The number of ketones is 1. The van der Waals surface area contributed by atoms with E-state index in [1.807, 2.05) is 0 Å². The molecule has 216 valence electrons. The van der Waals surface area contributed by atoms with E-state index in [1.165, 1.54) is 6.07 Å². The van der Waals surface area contributed by atoms with Crippen LogP contribution in [0.3, 0.4) is 0 Å². The topological polar surface area (TPSA) is 270 Å². The predicted octanol–water partition coefficient (Wildman–Crippen LogP) is 0.852. The standard InChI is InChI=1S/C20H28N6O9S4/c21-18-13(27)9-23-19(26-18)17(37-5-7-39(33,34)35)11-3-1-2-10(15(11)29)16(36-4-6-38(30,31)32)12-8-14(28)25-20(22)24-12/h8-11,16-17,27H,1-7H2,(H2,21,23,26)(H,30,31,32)(H,33,34,35)(H3,22,24,25,28). The molecular formula is C20H28N6O9S4. The van der Waals surface area contributed by atoms with E-state index in [-0.39, 0.29) is 46.3 Å². The molecule has 0 saturated heterocycles. The van der Waals surface area contributed by atoms with Gasteiger partial charge < -0.3 is 21.7 Å². The van der Waals surface area contributed by atoms with Crippen LogP contribution >= 0.6 is 23.5 Å². The first-order valence-corrected chi connectivity index (χ1v) is 16.8. The number of Topliss-reactive ketones (excluding diaryl/α,β-unsaturated/α-hetero) is 1. The second-order valence-corrected chi connectivity index (χ2v) is 14.4. The summed E-state index contributed by atoms with van der Waals surface area (Å²) >= 11 is 2.08. The van der Waals surface area contributed by atoms with Crippen molar-refractivity contribution in [2.24, 2.45) is 11.8 Å². The van der Waals surface area contributed by atoms with E-state index in [0.29, 0.717) is 19.3 Å². The average molecular weight is 625 g/mol. The molecule has 2 aromatic rings. The minimum absolute atomic E-state index is 0.0872. The van der Waals surface area contributed by atoms with Crippen molar-refractivity contribution in [3.8, 4) is 11.6 Å². The second kappa shape index (κ2) is 12.8. The highest BCUT2D eigenvalue weighted by Crippen LogP contribution is 2.48. The van der Waals surface area contributed by atoms with Gasteiger partial charge in [-0.1, -0.05) is 6.42 Å². The molecule has 15 nitrogen and oxygen atoms in total. The van der Waals surface area contributed by atoms with Gasteiger partial charge in [-0.05, 0) is 12.8 Å². The third-order valence-corrected chi connectivity index (χ3v) is 10.5. The highest BCUT2D eigenvalue weighted by molar-refractivity contribution is 8.00. The molecule has 0 aromatic carbocycles. The molecule has 1 fully saturated rings. The largest absolute Gasteiger partial charge is 0.503 e. The molecule has 0 aliphatic heterocycles. The maximum Gasteiger partial charge on any atom is 0.265 e. The van der Waals surface area contributed by atoms with Crippen molar-refractivity contribution in [1.29, 1.82) is 0 Å². The van der Waals surface area contributed by atoms with E-state index >= 15 is 0 Å². The molecule has 0 spiro atoms. The summed E-state index contributed by atoms with van der Waals surface area (Å²) in [7, 11) is -8.57. The van der Waals surface area contributed by atoms with Crippen molar-refractivity contribution in [1.82, 2.24) is 19.9 Å². The molecular weight excluding hydrogens is 597 g/mol. The van der Waals surface area contributed by atoms with E-state index < -0.39 is 60.0 Å². The Morgan fingerprint density at radius 2 is 1.49 bits per heavy atom. The zero-order valence-electron chi connectivity index (χ0n) is 20.3. The number of aromatic hydroxyl groups is 2. The van der Waals surface area contributed by atoms with Gasteiger partial charge in [0, 0.05) is 29.4 Å². The summed E-state index contributed by atoms with van der Waals surface area (Å²) in [6.45, 7) is 0. The predicted molar refractivity (Wildman–Crippen MR) is 145 cm³/mol. The van der Waals surface area contributed by atoms with E-state index in [4.69, 9.17) is 11.5 Å². The summed E-state index contributed by atoms with van der Waals surface area (Å²) in [5.74, 6) is -4.33. The van der Waals surface area contributed by atoms with Crippen LogP contribution in [0.4, 0.5) is 11.8 Å². The molecule has 0 radical (unpaired) electrons. The summed E-state index contributed by atoms with van der Waals surface area (Å²) in [6.07, 6.45) is 2.36. The molecule has 1 aliphatic carbocycles. The Bertz CT molecular complexity index is 1390. The lowest BCUT2D eigenvalue weighted by Crippen LogP contribution is -2.35. The number of aromatic nitrogens is 4. The zero-order chi connectivity index (χ0) is 29.0. The Morgan fingerprint density at radius 3 is 2.03 bits per heavy atom. The van der Waals surface area contributed by atoms with E-state index in [0.717, 1.165) is 29.7 Å². The number of nitrogen functional groups attached to an aromatic ring is 2. The molecule has 8 N–H and O–H groups in total. The van der Waals surface area contributed by atoms with Crippen LogP contribution in [-0.4, -0.2) is 84.9 Å². The van der Waals surface area contributed by atoms with E-state index in [2.05, 4.69) is 19.9 Å². The van der Waals surface area contributed by atoms with Crippen LogP contribution in [0.2, 0.25) is 0 Å². The molecule has 4 atom stereocenters. The van der Waals surface area contributed by atoms with Gasteiger partial charge in [0.05, 0.1) is 33.9 Å². The van der Waals surface area contributed by atoms with Gasteiger partial charge in [0.1, 0.15) is 11.6 Å². The lowest BCUT2D eigenvalue weighted by molar-refractivity contribution is -0.129. The van der Waals surface area contributed by atoms with Gasteiger partial charge in [0.2, 0.25) is 11.8 Å². The maximum absolute atomic E-state index is 14.0. The minimum atomic E-state index is -4.29. The molecule has 4 unspecified atom stereocenters. The first-order chi connectivity index (χ1) is 18.1. The Labute approximate surface area is 233 Å². The number of hydrogen-bond donors (Lipinski definition) is 6. The molecule has 19 heteroatoms. The van der Waals surface area contributed by atoms with Crippen molar-refractivity contribution in [2.75, 3.05) is 34.5 Å². The van der Waals surface area contributed by atoms with E-state index in [9.17, 15) is 40.9 Å². The van der Waals surface area contributed by atoms with Gasteiger partial charge in [0.25, 0.3) is 20.2 Å². The Kier molecular flexibility index (Phi) is 10.2. The zero-order valence-corrected chi connectivity index (χ0v) is 23.6. The van der Waals surface area contributed by atoms with Gasteiger partial charge >= 0.3 is 0 Å². The number of nitrogens with two attached hydrogens (primary N) is 2. The molecule has 3 rings (SSSR count). The van der Waals surface area contributed by atoms with E-state index in [1.54, 1.807) is 0 Å². The summed E-state index contributed by atoms with van der Waals surface area (Å²) < 4.78 is 63.5. The first-order valence-electron chi connectivity index (χ1n) is 11.5. The second-order valence-electron chi connectivity index (χ2n) is 8.71. The summed E-state index contributed by atoms with van der Waals surface area (Å²) in [5, 5.41) is 18.2. The first kappa shape index (κ1) is 31.1. The van der Waals surface area contributed by atoms with Crippen molar-refractivity contribution < 1.29 is 40.9 Å². The number of nitrogens with zero attached hydrogens (tertiary/aromatic N) is 4. The molecule has 2 heterocycles. The molecule has 2 aromatic heterocycles. The molecule has 1 aliphatic rings. The van der Waals surface area contributed by atoms with Crippen LogP contribution in [0, 0.1) is 11.8 Å². The smallest absolute Gasteiger partial charge is 0.265 e. The van der Waals surface area contributed by atoms with Crippen molar-refractivity contribution >= 4 is 61.3 Å². The Hall–Kier alpha value is -2.45. The monoisotopic (exact) mass is 624 g/mol. The van der Waals surface area contributed by atoms with Crippen LogP contribution in [0.15, 0.2) is 12.3 Å². The summed E-state index contributed by atoms with van der Waals surface area (Å²) in [4.78, 5) is 29.9. The Morgan fingerprint density at radius 1 is 0.923 bits per heavy atom. The summed E-state index contributed by atoms with van der Waals surface area (Å²) in [5.41, 5.74) is 11.6. The molecule has 0 amide bonds. The fourth-order valence-electron chi connectivity index (χ4n) is 4.21. The number of thioether (sulfide) groups is 2. The van der Waals surface area contributed by atoms with Crippen LogP contribution in [0.1, 0.15) is 41.3 Å². The fraction of sp³-hybridized carbons (Fsp3) is 0.550. The van der Waals surface area contributed by atoms with Crippen molar-refractivity contribution in [3.63, 3.8) is 0 Å². The highest BCUT2D eigenvalue weighted by Gasteiger charge is 2.43. The van der Waals surface area contributed by atoms with Crippen molar-refractivity contribution in [3.05, 3.63) is 23.8 Å². The normalized spacial score (nSPS) is 20.0. The third-order valence-electron chi connectivity index (χ3n) is 5.88. The lowest BCUT2D eigenvalue weighted by atomic mass is 9.76. The number of carbonyl (C=O) groups excluding carboxylic acids is 1. The lowest BCUT2D eigenvalue weighted by Gasteiger charge is -2.35. The minimum Gasteiger partial charge on any atom is -0.503 e. The number of hydrogen-bond acceptors (Lipinski definition) is 15. The average Bonchev–Trinajstić information content (AvgIpc) is 2.80. The quantitative estimate of drug-likeness (QED) is 0.179. The van der Waals surface area contributed by atoms with Gasteiger partial charge in [-0.15, -0.1) is 11.8 Å². The van der Waals surface area contributed by atoms with Crippen LogP contribution in [-0.2, 0) is 25.0 Å².